The van der Waals surface area contributed by atoms with Crippen LogP contribution in [0.15, 0.2) is 97.1 Å². The quantitative estimate of drug-likeness (QED) is 0.0370. The van der Waals surface area contributed by atoms with Crippen molar-refractivity contribution in [2.45, 2.75) is 90.3 Å². The van der Waals surface area contributed by atoms with Crippen LogP contribution in [0.25, 0.3) is 0 Å². The van der Waals surface area contributed by atoms with Crippen LogP contribution >= 0.6 is 411 Å². The zero-order valence-electron chi connectivity index (χ0n) is 52.0. The molecule has 8 nitrogen and oxygen atoms in total. The summed E-state index contributed by atoms with van der Waals surface area (Å²) in [7, 11) is -5.18. The Labute approximate surface area is 949 Å². The first-order chi connectivity index (χ1) is 42.1. The third kappa shape index (κ3) is 61.8. The number of rotatable bonds is 21. The number of hydrogen-bond donors (Lipinski definition) is 4. The van der Waals surface area contributed by atoms with E-state index in [1.54, 1.807) is 19.9 Å². The van der Waals surface area contributed by atoms with Gasteiger partial charge in [0.25, 0.3) is 0 Å². The van der Waals surface area contributed by atoms with Gasteiger partial charge in [-0.3, -0.25) is 19.2 Å². The standard InChI is InChI=1S/C17H25NOSi.C11H11NO.C9H10INO.C9H9IO2.I14.I13.7K.H/c1-5-20(6-2,7-3)13-12-15-10-8-9-11-16(15)14(4)17(18)19;1-3-9-6-4-5-7-10(9)8(2)11(12)13;2*1-6(9(11)12)7-4-2-3-5-8(7)10;1-9(2)11(5)13(7)14(8)12(6)10(3)4;1-8-10(4)12(6)13(7)11(5)9(2)3;;;;;;;;/h8-11,14H,5-7H2,1-4H3,(H2,18,19);1,4-8H,2H3,(H2,12,13);2-6H,1H3,(H2,11,12);2-6H,1H3,(H,11,12);;;;;;;;;;/q;;;;;-1;;;;;;;+1;-1. The molecule has 0 aromatic heterocycles. The number of halogens is 29. The summed E-state index contributed by atoms with van der Waals surface area (Å²) in [4.78, 5) is 43.8. The number of carboxylic acids is 1. The van der Waals surface area contributed by atoms with Crippen molar-refractivity contribution in [3.63, 3.8) is 0 Å². The zero-order valence-corrected chi connectivity index (χ0v) is 136. The van der Waals surface area contributed by atoms with Gasteiger partial charge in [-0.05, 0) is 138 Å². The molecule has 0 saturated heterocycles. The van der Waals surface area contributed by atoms with Gasteiger partial charge in [0.1, 0.15) is 8.07 Å². The molecule has 0 radical (unpaired) electrons. The van der Waals surface area contributed by atoms with Crippen molar-refractivity contribution in [1.29, 1.82) is 0 Å². The molecule has 0 spiro atoms. The van der Waals surface area contributed by atoms with Crippen LogP contribution in [0, 0.1) is 30.9 Å². The molecule has 0 fully saturated rings. The van der Waals surface area contributed by atoms with Crippen molar-refractivity contribution in [2.75, 3.05) is 0 Å². The van der Waals surface area contributed by atoms with Crippen molar-refractivity contribution in [3.8, 4) is 23.8 Å². The van der Waals surface area contributed by atoms with E-state index < -0.39 is 35.7 Å². The SMILES string of the molecule is C#Cc1ccccc1C(C)C(N)=O.CC(C(=O)O)c1ccccc1I.CC(C(N)=O)c1ccccc1I.CC[Si](C#Cc1ccccc1C(C)C(N)=O)(CC)CC.II(I)I(I)I(I)I(I)I(I)I(I)I.I[I-]I(I)I(I)I(I)I(I)I(I)I.[H-].[K+].[K][K].[K][K].[K][K]. The molecule has 0 saturated carbocycles. The molecule has 4 unspecified atom stereocenters. The number of primary amides is 3. The molecule has 0 aliphatic rings. The van der Waals surface area contributed by atoms with Crippen LogP contribution in [0.1, 0.15) is 107 Å². The number of carbonyl (C=O) groups excluding carboxylic acids is 3. The first-order valence-electron chi connectivity index (χ1n) is 25.3. The van der Waals surface area contributed by atoms with Crippen molar-refractivity contribution in [3.05, 3.63) is 138 Å². The number of benzene rings is 4. The minimum atomic E-state index is -1.46. The Morgan fingerprint density at radius 1 is 0.495 bits per heavy atom. The Morgan fingerprint density at radius 3 is 1.03 bits per heavy atom. The molecule has 45 heteroatoms. The molecule has 4 atom stereocenters. The van der Waals surface area contributed by atoms with Gasteiger partial charge in [-0.15, -0.1) is 12.0 Å². The summed E-state index contributed by atoms with van der Waals surface area (Å²) in [6.45, 7) is 13.8. The fourth-order valence-corrected chi connectivity index (χ4v) is 3150. The Balaban J connectivity index is -0.000000186. The molecule has 91 heavy (non-hydrogen) atoms. The number of carbonyl (C=O) groups is 4. The fraction of sp³-hybridized carbons (Fsp3) is 0.304. The first-order valence-corrected chi connectivity index (χ1v) is 235. The number of hydrogen-bond acceptors (Lipinski definition) is 4. The van der Waals surface area contributed by atoms with Gasteiger partial charge in [-0.2, -0.15) is 0 Å². The minimum absolute atomic E-state index is 0. The van der Waals surface area contributed by atoms with Crippen molar-refractivity contribution >= 4 is 632 Å². The van der Waals surface area contributed by atoms with Gasteiger partial charge in [-0.25, -0.2) is 0 Å². The maximum absolute atomic E-state index is 11.4. The molecular weight excluding hydrogens is 4660 g/mol. The van der Waals surface area contributed by atoms with E-state index in [1.165, 1.54) is 208 Å². The maximum atomic E-state index is 11.4. The van der Waals surface area contributed by atoms with Gasteiger partial charge in [0.2, 0.25) is 17.7 Å². The predicted molar refractivity (Wildman–Crippen MR) is 652 cm³/mol. The van der Waals surface area contributed by atoms with Gasteiger partial charge in [0, 0.05) is 18.3 Å². The molecule has 4 rings (SSSR count). The van der Waals surface area contributed by atoms with Crippen LogP contribution in [-0.4, -0.2) is 226 Å². The van der Waals surface area contributed by atoms with E-state index in [0.29, 0.717) is 13.3 Å². The number of amides is 3. The fourth-order valence-electron chi connectivity index (χ4n) is 5.69. The molecular formula is C46H56I29K7N3O5Si-. The molecule has 0 heterocycles. The molecule has 7 N–H and O–H groups in total. The molecule has 4 aromatic carbocycles. The summed E-state index contributed by atoms with van der Waals surface area (Å²) in [5.74, 6) is 2.92. The van der Waals surface area contributed by atoms with Crippen molar-refractivity contribution < 1.29 is 90.4 Å². The first kappa shape index (κ1) is 128. The van der Waals surface area contributed by atoms with Gasteiger partial charge in [-0.1, -0.05) is 105 Å². The average Bonchev–Trinajstić information content (AvgIpc) is 1.49. The number of terminal acetylenes is 1. The second kappa shape index (κ2) is 83.6. The Hall–Kier alpha value is 26.7. The molecule has 0 aliphatic heterocycles. The summed E-state index contributed by atoms with van der Waals surface area (Å²) in [5, 5.41) is 8.76. The van der Waals surface area contributed by atoms with E-state index in [-0.39, 0.29) is 159 Å². The van der Waals surface area contributed by atoms with E-state index in [0.717, 1.165) is 40.5 Å². The van der Waals surface area contributed by atoms with E-state index in [9.17, 15) is 19.2 Å². The van der Waals surface area contributed by atoms with Gasteiger partial charge in [0.05, 0.1) is 23.7 Å². The average molecular weight is 4710 g/mol. The Kier molecular flexibility index (Phi) is 118. The summed E-state index contributed by atoms with van der Waals surface area (Å²) >= 11 is 56.2. The summed E-state index contributed by atoms with van der Waals surface area (Å²) in [6.07, 6.45) is 5.29. The summed E-state index contributed by atoms with van der Waals surface area (Å²) < 4.78 is 2.09. The van der Waals surface area contributed by atoms with Crippen LogP contribution in [0.5, 0.6) is 0 Å². The van der Waals surface area contributed by atoms with Crippen molar-refractivity contribution in [2.24, 2.45) is 17.2 Å². The summed E-state index contributed by atoms with van der Waals surface area (Å²) in [6, 6.07) is 34.0. The number of aliphatic carboxylic acids is 1. The Bertz CT molecular complexity index is 2680. The Morgan fingerprint density at radius 2 is 0.758 bits per heavy atom. The van der Waals surface area contributed by atoms with Crippen LogP contribution in [0.3, 0.4) is 0 Å². The molecule has 0 bridgehead atoms. The molecule has 3 amide bonds. The molecule has 0 aliphatic carbocycles. The van der Waals surface area contributed by atoms with E-state index in [1.807, 2.05) is 105 Å². The second-order valence-electron chi connectivity index (χ2n) is 15.2. The monoisotopic (exact) mass is 4710 g/mol. The van der Waals surface area contributed by atoms with Gasteiger partial charge < -0.3 is 23.7 Å². The third-order valence-corrected chi connectivity index (χ3v) is 1590. The van der Waals surface area contributed by atoms with Crippen LogP contribution < -0.4 is 81.8 Å². The van der Waals surface area contributed by atoms with Crippen molar-refractivity contribution in [1.82, 2.24) is 0 Å². The van der Waals surface area contributed by atoms with E-state index in [4.69, 9.17) is 28.7 Å². The molecule has 500 valence electrons. The normalized spacial score (nSPS) is 13.0. The number of nitrogens with two attached hydrogens (primary N) is 3. The molecule has 4 aromatic rings. The van der Waals surface area contributed by atoms with Gasteiger partial charge in [0.15, 0.2) is 0 Å². The zero-order chi connectivity index (χ0) is 71.4. The second-order valence-corrected chi connectivity index (χ2v) is 575. The topological polar surface area (TPSA) is 167 Å². The van der Waals surface area contributed by atoms with Crippen LogP contribution in [0.4, 0.5) is 0 Å². The van der Waals surface area contributed by atoms with Gasteiger partial charge >= 0.3 is 626 Å². The number of carboxylic acid groups (broad SMARTS) is 1. The van der Waals surface area contributed by atoms with E-state index >= 15 is 0 Å². The summed E-state index contributed by atoms with van der Waals surface area (Å²) in [5.41, 5.74) is 24.7. The van der Waals surface area contributed by atoms with Crippen LogP contribution in [-0.2, 0) is 19.2 Å². The van der Waals surface area contributed by atoms with E-state index in [2.05, 4.69) is 363 Å². The van der Waals surface area contributed by atoms with Crippen LogP contribution in [0.2, 0.25) is 18.1 Å². The predicted octanol–water partition coefficient (Wildman–Crippen LogP) is 24.2. The third-order valence-electron chi connectivity index (χ3n) is 10.7.